The van der Waals surface area contributed by atoms with Crippen molar-refractivity contribution in [1.82, 2.24) is 5.32 Å². The van der Waals surface area contributed by atoms with Crippen LogP contribution < -0.4 is 5.32 Å². The first-order chi connectivity index (χ1) is 8.17. The molecule has 0 aliphatic carbocycles. The monoisotopic (exact) mass is 233 g/mol. The van der Waals surface area contributed by atoms with Gasteiger partial charge in [-0.05, 0) is 43.8 Å². The predicted molar refractivity (Wildman–Crippen MR) is 76.4 cm³/mol. The van der Waals surface area contributed by atoms with Gasteiger partial charge in [-0.2, -0.15) is 0 Å². The van der Waals surface area contributed by atoms with E-state index < -0.39 is 0 Å². The topological polar surface area (TPSA) is 12.0 Å². The van der Waals surface area contributed by atoms with Gasteiger partial charge in [-0.3, -0.25) is 0 Å². The molecule has 1 nitrogen and oxygen atoms in total. The Morgan fingerprint density at radius 3 is 2.29 bits per heavy atom. The molecule has 1 aromatic rings. The van der Waals surface area contributed by atoms with Crippen molar-refractivity contribution in [2.24, 2.45) is 11.8 Å². The van der Waals surface area contributed by atoms with E-state index in [9.17, 15) is 0 Å². The Morgan fingerprint density at radius 2 is 1.76 bits per heavy atom. The Kier molecular flexibility index (Phi) is 6.28. The SMILES string of the molecule is CCNCC(Cc1ccc(C)cc1)C(C)CC. The normalized spacial score (nSPS) is 14.6. The first-order valence-electron chi connectivity index (χ1n) is 6.93. The molecule has 1 heteroatoms. The molecule has 2 unspecified atom stereocenters. The average Bonchev–Trinajstić information content (AvgIpc) is 2.36. The van der Waals surface area contributed by atoms with E-state index in [1.54, 1.807) is 0 Å². The lowest BCUT2D eigenvalue weighted by Gasteiger charge is -2.23. The summed E-state index contributed by atoms with van der Waals surface area (Å²) in [6.45, 7) is 11.2. The van der Waals surface area contributed by atoms with E-state index in [1.165, 1.54) is 24.0 Å². The number of rotatable bonds is 7. The Hall–Kier alpha value is -0.820. The molecule has 0 aliphatic rings. The number of hydrogen-bond acceptors (Lipinski definition) is 1. The minimum absolute atomic E-state index is 0.752. The molecule has 1 N–H and O–H groups in total. The maximum atomic E-state index is 3.50. The summed E-state index contributed by atoms with van der Waals surface area (Å²) in [7, 11) is 0. The number of hydrogen-bond donors (Lipinski definition) is 1. The Labute approximate surface area is 107 Å². The summed E-state index contributed by atoms with van der Waals surface area (Å²) >= 11 is 0. The van der Waals surface area contributed by atoms with Gasteiger partial charge in [0.05, 0.1) is 0 Å². The predicted octanol–water partition coefficient (Wildman–Crippen LogP) is 3.81. The van der Waals surface area contributed by atoms with Gasteiger partial charge in [-0.25, -0.2) is 0 Å². The molecule has 0 radical (unpaired) electrons. The zero-order valence-electron chi connectivity index (χ0n) is 11.8. The first-order valence-corrected chi connectivity index (χ1v) is 6.93. The van der Waals surface area contributed by atoms with Crippen molar-refractivity contribution in [3.63, 3.8) is 0 Å². The molecular weight excluding hydrogens is 206 g/mol. The molecule has 0 fully saturated rings. The van der Waals surface area contributed by atoms with E-state index in [-0.39, 0.29) is 0 Å². The molecule has 2 atom stereocenters. The highest BCUT2D eigenvalue weighted by molar-refractivity contribution is 5.21. The number of nitrogens with one attached hydrogen (secondary N) is 1. The van der Waals surface area contributed by atoms with Gasteiger partial charge >= 0.3 is 0 Å². The van der Waals surface area contributed by atoms with Crippen LogP contribution in [-0.4, -0.2) is 13.1 Å². The van der Waals surface area contributed by atoms with Crippen molar-refractivity contribution in [2.75, 3.05) is 13.1 Å². The van der Waals surface area contributed by atoms with Gasteiger partial charge in [0.25, 0.3) is 0 Å². The van der Waals surface area contributed by atoms with Crippen LogP contribution in [0, 0.1) is 18.8 Å². The minimum atomic E-state index is 0.752. The lowest BCUT2D eigenvalue weighted by molar-refractivity contribution is 0.332. The van der Waals surface area contributed by atoms with Crippen LogP contribution in [0.5, 0.6) is 0 Å². The van der Waals surface area contributed by atoms with Crippen LogP contribution in [0.2, 0.25) is 0 Å². The van der Waals surface area contributed by atoms with E-state index in [0.717, 1.165) is 24.9 Å². The Bertz CT molecular complexity index is 302. The molecule has 0 aromatic heterocycles. The molecule has 0 saturated carbocycles. The largest absolute Gasteiger partial charge is 0.317 e. The van der Waals surface area contributed by atoms with E-state index in [1.807, 2.05) is 0 Å². The van der Waals surface area contributed by atoms with Crippen LogP contribution in [0.4, 0.5) is 0 Å². The lowest BCUT2D eigenvalue weighted by Crippen LogP contribution is -2.28. The van der Waals surface area contributed by atoms with Gasteiger partial charge in [0.15, 0.2) is 0 Å². The van der Waals surface area contributed by atoms with Gasteiger partial charge in [-0.1, -0.05) is 57.0 Å². The summed E-state index contributed by atoms with van der Waals surface area (Å²) in [5.74, 6) is 1.54. The third-order valence-electron chi connectivity index (χ3n) is 3.72. The van der Waals surface area contributed by atoms with Crippen molar-refractivity contribution in [2.45, 2.75) is 40.5 Å². The van der Waals surface area contributed by atoms with Crippen LogP contribution in [0.1, 0.15) is 38.3 Å². The number of aryl methyl sites for hydroxylation is 1. The summed E-state index contributed by atoms with van der Waals surface area (Å²) in [5, 5.41) is 3.50. The third kappa shape index (κ3) is 4.91. The molecule has 0 amide bonds. The van der Waals surface area contributed by atoms with Crippen molar-refractivity contribution in [3.8, 4) is 0 Å². The highest BCUT2D eigenvalue weighted by Gasteiger charge is 2.15. The fourth-order valence-electron chi connectivity index (χ4n) is 2.16. The Morgan fingerprint density at radius 1 is 1.12 bits per heavy atom. The van der Waals surface area contributed by atoms with E-state index in [0.29, 0.717) is 0 Å². The van der Waals surface area contributed by atoms with E-state index in [2.05, 4.69) is 57.3 Å². The van der Waals surface area contributed by atoms with Crippen LogP contribution >= 0.6 is 0 Å². The molecular formula is C16H27N. The lowest BCUT2D eigenvalue weighted by atomic mass is 9.86. The molecule has 96 valence electrons. The summed E-state index contributed by atoms with van der Waals surface area (Å²) in [6, 6.07) is 8.99. The van der Waals surface area contributed by atoms with Crippen LogP contribution in [0.15, 0.2) is 24.3 Å². The molecule has 17 heavy (non-hydrogen) atoms. The van der Waals surface area contributed by atoms with E-state index in [4.69, 9.17) is 0 Å². The second kappa shape index (κ2) is 7.50. The van der Waals surface area contributed by atoms with Crippen molar-refractivity contribution < 1.29 is 0 Å². The van der Waals surface area contributed by atoms with Crippen LogP contribution in [-0.2, 0) is 6.42 Å². The second-order valence-electron chi connectivity index (χ2n) is 5.14. The average molecular weight is 233 g/mol. The Balaban J connectivity index is 2.61. The van der Waals surface area contributed by atoms with Crippen molar-refractivity contribution >= 4 is 0 Å². The fraction of sp³-hybridized carbons (Fsp3) is 0.625. The molecule has 1 rings (SSSR count). The first kappa shape index (κ1) is 14.2. The second-order valence-corrected chi connectivity index (χ2v) is 5.14. The van der Waals surface area contributed by atoms with Gasteiger partial charge < -0.3 is 5.32 Å². The maximum absolute atomic E-state index is 3.50. The molecule has 1 aromatic carbocycles. The molecule has 0 heterocycles. The van der Waals surface area contributed by atoms with Crippen LogP contribution in [0.25, 0.3) is 0 Å². The van der Waals surface area contributed by atoms with Gasteiger partial charge in [0.2, 0.25) is 0 Å². The summed E-state index contributed by atoms with van der Waals surface area (Å²) in [6.07, 6.45) is 2.46. The highest BCUT2D eigenvalue weighted by Crippen LogP contribution is 2.20. The third-order valence-corrected chi connectivity index (χ3v) is 3.72. The van der Waals surface area contributed by atoms with Gasteiger partial charge in [0.1, 0.15) is 0 Å². The zero-order chi connectivity index (χ0) is 12.7. The minimum Gasteiger partial charge on any atom is -0.317 e. The smallest absolute Gasteiger partial charge is 0.00149 e. The van der Waals surface area contributed by atoms with Gasteiger partial charge in [-0.15, -0.1) is 0 Å². The summed E-state index contributed by atoms with van der Waals surface area (Å²) < 4.78 is 0. The van der Waals surface area contributed by atoms with Gasteiger partial charge in [0, 0.05) is 0 Å². The maximum Gasteiger partial charge on any atom is -0.00149 e. The van der Waals surface area contributed by atoms with Crippen molar-refractivity contribution in [1.29, 1.82) is 0 Å². The highest BCUT2D eigenvalue weighted by atomic mass is 14.8. The summed E-state index contributed by atoms with van der Waals surface area (Å²) in [5.41, 5.74) is 2.82. The zero-order valence-corrected chi connectivity index (χ0v) is 11.8. The quantitative estimate of drug-likeness (QED) is 0.755. The standard InChI is InChI=1S/C16H27N/c1-5-14(4)16(12-17-6-2)11-15-9-7-13(3)8-10-15/h7-10,14,16-17H,5-6,11-12H2,1-4H3. The molecule has 0 saturated heterocycles. The molecule has 0 aliphatic heterocycles. The fourth-order valence-corrected chi connectivity index (χ4v) is 2.16. The number of benzene rings is 1. The van der Waals surface area contributed by atoms with Crippen LogP contribution in [0.3, 0.4) is 0 Å². The van der Waals surface area contributed by atoms with Crippen molar-refractivity contribution in [3.05, 3.63) is 35.4 Å². The van der Waals surface area contributed by atoms with E-state index >= 15 is 0 Å². The molecule has 0 spiro atoms. The summed E-state index contributed by atoms with van der Waals surface area (Å²) in [4.78, 5) is 0. The molecule has 0 bridgehead atoms.